The molecule has 1 atom stereocenters. The number of anilines is 1. The van der Waals surface area contributed by atoms with Gasteiger partial charge in [0.1, 0.15) is 6.04 Å². The van der Waals surface area contributed by atoms with Gasteiger partial charge in [-0.15, -0.1) is 0 Å². The molecule has 2 fully saturated rings. The highest BCUT2D eigenvalue weighted by atomic mass is 16.5. The normalized spacial score (nSPS) is 21.5. The van der Waals surface area contributed by atoms with E-state index in [-0.39, 0.29) is 18.7 Å². The maximum absolute atomic E-state index is 13.3. The quantitative estimate of drug-likeness (QED) is 0.391. The van der Waals surface area contributed by atoms with Crippen molar-refractivity contribution < 1.29 is 23.9 Å². The van der Waals surface area contributed by atoms with Crippen LogP contribution in [0.15, 0.2) is 18.2 Å². The van der Waals surface area contributed by atoms with Crippen molar-refractivity contribution in [3.8, 4) is 0 Å². The molecule has 3 heterocycles. The molecule has 0 bridgehead atoms. The minimum Gasteiger partial charge on any atom is -0.381 e. The highest BCUT2D eigenvalue weighted by molar-refractivity contribution is 6.25. The molecule has 1 unspecified atom stereocenters. The number of rotatable bonds is 9. The summed E-state index contributed by atoms with van der Waals surface area (Å²) in [6.45, 7) is 6.20. The number of hydrogen-bond acceptors (Lipinski definition) is 8. The summed E-state index contributed by atoms with van der Waals surface area (Å²) in [7, 11) is 0. The van der Waals surface area contributed by atoms with Gasteiger partial charge in [0.15, 0.2) is 0 Å². The second kappa shape index (κ2) is 10.4. The van der Waals surface area contributed by atoms with E-state index in [1.54, 1.807) is 12.1 Å². The largest absolute Gasteiger partial charge is 0.381 e. The lowest BCUT2D eigenvalue weighted by Crippen LogP contribution is -2.54. The van der Waals surface area contributed by atoms with Crippen LogP contribution in [0.25, 0.3) is 0 Å². The van der Waals surface area contributed by atoms with Crippen LogP contribution in [0, 0.1) is 0 Å². The number of nitrogens with zero attached hydrogens (tertiary/aromatic N) is 3. The fourth-order valence-electron chi connectivity index (χ4n) is 4.65. The number of amides is 4. The summed E-state index contributed by atoms with van der Waals surface area (Å²) in [4.78, 5) is 55.6. The van der Waals surface area contributed by atoms with E-state index in [9.17, 15) is 19.2 Å². The van der Waals surface area contributed by atoms with Crippen LogP contribution in [0.3, 0.4) is 0 Å². The molecule has 3 aliphatic rings. The second-order valence-electron chi connectivity index (χ2n) is 8.58. The van der Waals surface area contributed by atoms with Crippen LogP contribution in [0.5, 0.6) is 0 Å². The molecule has 1 aromatic carbocycles. The van der Waals surface area contributed by atoms with E-state index in [2.05, 4.69) is 15.1 Å². The molecule has 178 valence electrons. The number of piperidine rings is 1. The molecule has 0 radical (unpaired) electrons. The SMILES string of the molecule is NCCCOCCCN1CCN(c2cccc3c2C(=O)N(C2CCC(=O)NC2=O)C3=O)CC1. The summed E-state index contributed by atoms with van der Waals surface area (Å²) >= 11 is 0. The number of nitrogens with two attached hydrogens (primary N) is 1. The predicted octanol–water partition coefficient (Wildman–Crippen LogP) is -0.0347. The molecule has 10 nitrogen and oxygen atoms in total. The third-order valence-corrected chi connectivity index (χ3v) is 6.41. The summed E-state index contributed by atoms with van der Waals surface area (Å²) in [5.41, 5.74) is 6.86. The molecule has 0 aromatic heterocycles. The molecule has 33 heavy (non-hydrogen) atoms. The predicted molar refractivity (Wildman–Crippen MR) is 121 cm³/mol. The Kier molecular flexibility index (Phi) is 7.36. The molecule has 0 spiro atoms. The van der Waals surface area contributed by atoms with Crippen molar-refractivity contribution in [1.29, 1.82) is 0 Å². The topological polar surface area (TPSA) is 125 Å². The molecule has 10 heteroatoms. The van der Waals surface area contributed by atoms with Crippen LogP contribution in [0.1, 0.15) is 46.4 Å². The molecule has 2 saturated heterocycles. The Hall–Kier alpha value is -2.82. The first-order chi connectivity index (χ1) is 16.0. The summed E-state index contributed by atoms with van der Waals surface area (Å²) in [6, 6.07) is 4.32. The Labute approximate surface area is 193 Å². The minimum absolute atomic E-state index is 0.108. The molecule has 1 aromatic rings. The van der Waals surface area contributed by atoms with Gasteiger partial charge in [-0.2, -0.15) is 0 Å². The summed E-state index contributed by atoms with van der Waals surface area (Å²) in [6.07, 6.45) is 2.10. The van der Waals surface area contributed by atoms with Gasteiger partial charge in [0.2, 0.25) is 11.8 Å². The van der Waals surface area contributed by atoms with E-state index >= 15 is 0 Å². The molecule has 0 aliphatic carbocycles. The lowest BCUT2D eigenvalue weighted by Gasteiger charge is -2.36. The molecule has 4 rings (SSSR count). The van der Waals surface area contributed by atoms with E-state index in [1.807, 2.05) is 6.07 Å². The fourth-order valence-corrected chi connectivity index (χ4v) is 4.65. The Balaban J connectivity index is 1.39. The van der Waals surface area contributed by atoms with Gasteiger partial charge in [0, 0.05) is 52.4 Å². The zero-order chi connectivity index (χ0) is 23.4. The van der Waals surface area contributed by atoms with Crippen molar-refractivity contribution in [3.05, 3.63) is 29.3 Å². The van der Waals surface area contributed by atoms with Gasteiger partial charge in [-0.25, -0.2) is 0 Å². The maximum atomic E-state index is 13.3. The van der Waals surface area contributed by atoms with Crippen molar-refractivity contribution >= 4 is 29.3 Å². The molecule has 3 aliphatic heterocycles. The van der Waals surface area contributed by atoms with Crippen LogP contribution in [-0.4, -0.2) is 92.0 Å². The smallest absolute Gasteiger partial charge is 0.264 e. The van der Waals surface area contributed by atoms with Crippen LogP contribution in [0.4, 0.5) is 5.69 Å². The van der Waals surface area contributed by atoms with Gasteiger partial charge >= 0.3 is 0 Å². The van der Waals surface area contributed by atoms with Gasteiger partial charge < -0.3 is 15.4 Å². The number of carbonyl (C=O) groups excluding carboxylic acids is 4. The molecule has 0 saturated carbocycles. The number of benzene rings is 1. The Morgan fingerprint density at radius 1 is 1.00 bits per heavy atom. The zero-order valence-corrected chi connectivity index (χ0v) is 18.8. The number of nitrogens with one attached hydrogen (secondary N) is 1. The Morgan fingerprint density at radius 3 is 2.48 bits per heavy atom. The van der Waals surface area contributed by atoms with Crippen LogP contribution >= 0.6 is 0 Å². The van der Waals surface area contributed by atoms with E-state index < -0.39 is 23.8 Å². The summed E-state index contributed by atoms with van der Waals surface area (Å²) in [5.74, 6) is -1.91. The average molecular weight is 458 g/mol. The van der Waals surface area contributed by atoms with Gasteiger partial charge in [0.25, 0.3) is 11.8 Å². The zero-order valence-electron chi connectivity index (χ0n) is 18.8. The van der Waals surface area contributed by atoms with Crippen LogP contribution in [0.2, 0.25) is 0 Å². The van der Waals surface area contributed by atoms with Gasteiger partial charge in [-0.3, -0.25) is 34.3 Å². The Bertz CT molecular complexity index is 928. The molecular formula is C23H31N5O5. The molecular weight excluding hydrogens is 426 g/mol. The monoisotopic (exact) mass is 457 g/mol. The summed E-state index contributed by atoms with van der Waals surface area (Å²) in [5, 5.41) is 2.23. The van der Waals surface area contributed by atoms with Crippen molar-refractivity contribution in [2.45, 2.75) is 31.7 Å². The maximum Gasteiger partial charge on any atom is 0.264 e. The van der Waals surface area contributed by atoms with Gasteiger partial charge in [0.05, 0.1) is 16.8 Å². The van der Waals surface area contributed by atoms with E-state index in [0.29, 0.717) is 24.3 Å². The first-order valence-corrected chi connectivity index (χ1v) is 11.6. The highest BCUT2D eigenvalue weighted by Gasteiger charge is 2.46. The van der Waals surface area contributed by atoms with Crippen molar-refractivity contribution in [3.63, 3.8) is 0 Å². The van der Waals surface area contributed by atoms with Gasteiger partial charge in [-0.05, 0) is 37.9 Å². The van der Waals surface area contributed by atoms with E-state index in [1.165, 1.54) is 0 Å². The molecule has 3 N–H and O–H groups in total. The average Bonchev–Trinajstić information content (AvgIpc) is 3.07. The lowest BCUT2D eigenvalue weighted by molar-refractivity contribution is -0.136. The third-order valence-electron chi connectivity index (χ3n) is 6.41. The summed E-state index contributed by atoms with van der Waals surface area (Å²) < 4.78 is 5.56. The standard InChI is InChI=1S/C23H31N5O5/c24-8-2-14-33-15-3-9-26-10-12-27(13-11-26)17-5-1-4-16-20(17)23(32)28(22(16)31)18-6-7-19(29)25-21(18)30/h1,4-5,18H,2-3,6-15,24H2,(H,25,29,30). The second-order valence-corrected chi connectivity index (χ2v) is 8.58. The first-order valence-electron chi connectivity index (χ1n) is 11.6. The number of hydrogen-bond donors (Lipinski definition) is 2. The number of ether oxygens (including phenoxy) is 1. The highest BCUT2D eigenvalue weighted by Crippen LogP contribution is 2.34. The lowest BCUT2D eigenvalue weighted by atomic mass is 10.0. The van der Waals surface area contributed by atoms with Crippen molar-refractivity contribution in [2.75, 3.05) is 57.4 Å². The van der Waals surface area contributed by atoms with E-state index in [4.69, 9.17) is 10.5 Å². The Morgan fingerprint density at radius 2 is 1.76 bits per heavy atom. The number of carbonyl (C=O) groups is 4. The molecule has 4 amide bonds. The van der Waals surface area contributed by atoms with Crippen LogP contribution < -0.4 is 16.0 Å². The van der Waals surface area contributed by atoms with Crippen molar-refractivity contribution in [1.82, 2.24) is 15.1 Å². The number of fused-ring (bicyclic) bond motifs is 1. The number of piperazine rings is 1. The van der Waals surface area contributed by atoms with E-state index in [0.717, 1.165) is 62.8 Å². The number of imide groups is 2. The van der Waals surface area contributed by atoms with Gasteiger partial charge in [-0.1, -0.05) is 6.07 Å². The third kappa shape index (κ3) is 4.92. The van der Waals surface area contributed by atoms with Crippen molar-refractivity contribution in [2.24, 2.45) is 5.73 Å². The van der Waals surface area contributed by atoms with Crippen LogP contribution in [-0.2, 0) is 14.3 Å². The fraction of sp³-hybridized carbons (Fsp3) is 0.565. The minimum atomic E-state index is -0.952. The first kappa shape index (κ1) is 23.3.